The van der Waals surface area contributed by atoms with Crippen molar-refractivity contribution in [3.63, 3.8) is 0 Å². The number of nitrogens with zero attached hydrogens (tertiary/aromatic N) is 3. The smallest absolute Gasteiger partial charge is 0.242 e. The van der Waals surface area contributed by atoms with E-state index in [0.717, 1.165) is 4.31 Å². The zero-order valence-electron chi connectivity index (χ0n) is 14.6. The fourth-order valence-corrected chi connectivity index (χ4v) is 3.84. The van der Waals surface area contributed by atoms with Crippen LogP contribution in [0.1, 0.15) is 5.56 Å². The third-order valence-electron chi connectivity index (χ3n) is 3.68. The number of rotatable bonds is 6. The lowest BCUT2D eigenvalue weighted by atomic mass is 10.2. The van der Waals surface area contributed by atoms with E-state index in [1.54, 1.807) is 47.8 Å². The number of benzene rings is 2. The van der Waals surface area contributed by atoms with Gasteiger partial charge in [0.2, 0.25) is 15.2 Å². The molecular formula is C18H17FN4O2S2. The van der Waals surface area contributed by atoms with Crippen LogP contribution in [0.2, 0.25) is 0 Å². The fourth-order valence-electron chi connectivity index (χ4n) is 2.22. The van der Waals surface area contributed by atoms with Gasteiger partial charge in [-0.25, -0.2) is 22.1 Å². The second-order valence-corrected chi connectivity index (χ2v) is 8.75. The van der Waals surface area contributed by atoms with Crippen molar-refractivity contribution in [2.75, 3.05) is 19.5 Å². The lowest BCUT2D eigenvalue weighted by molar-refractivity contribution is 0.521. The molecule has 0 saturated heterocycles. The summed E-state index contributed by atoms with van der Waals surface area (Å²) in [5.74, 6) is -0.359. The number of hydrogen-bond acceptors (Lipinski definition) is 6. The van der Waals surface area contributed by atoms with E-state index in [1.165, 1.54) is 37.7 Å². The molecule has 0 bridgehead atoms. The van der Waals surface area contributed by atoms with Crippen molar-refractivity contribution in [3.05, 3.63) is 65.3 Å². The van der Waals surface area contributed by atoms with Crippen molar-refractivity contribution in [2.24, 2.45) is 5.10 Å². The molecule has 0 atom stereocenters. The second-order valence-electron chi connectivity index (χ2n) is 5.74. The molecule has 1 heterocycles. The molecule has 2 aromatic carbocycles. The van der Waals surface area contributed by atoms with Crippen LogP contribution in [-0.4, -0.2) is 38.0 Å². The van der Waals surface area contributed by atoms with Crippen LogP contribution in [0.3, 0.4) is 0 Å². The normalized spacial score (nSPS) is 12.0. The lowest BCUT2D eigenvalue weighted by Gasteiger charge is -2.11. The Morgan fingerprint density at radius 2 is 1.96 bits per heavy atom. The summed E-state index contributed by atoms with van der Waals surface area (Å²) in [5, 5.41) is 6.30. The van der Waals surface area contributed by atoms with Crippen molar-refractivity contribution >= 4 is 32.7 Å². The van der Waals surface area contributed by atoms with Gasteiger partial charge in [0.1, 0.15) is 5.82 Å². The molecule has 0 unspecified atom stereocenters. The Morgan fingerprint density at radius 1 is 1.19 bits per heavy atom. The van der Waals surface area contributed by atoms with Crippen LogP contribution in [0.15, 0.2) is 63.9 Å². The predicted octanol–water partition coefficient (Wildman–Crippen LogP) is 3.65. The molecule has 9 heteroatoms. The van der Waals surface area contributed by atoms with E-state index in [0.29, 0.717) is 22.0 Å². The van der Waals surface area contributed by atoms with Gasteiger partial charge in [0, 0.05) is 30.6 Å². The molecular weight excluding hydrogens is 387 g/mol. The average Bonchev–Trinajstić information content (AvgIpc) is 3.12. The molecule has 0 spiro atoms. The Kier molecular flexibility index (Phi) is 5.64. The third-order valence-corrected chi connectivity index (χ3v) is 6.24. The Hall–Kier alpha value is -2.62. The van der Waals surface area contributed by atoms with E-state index in [-0.39, 0.29) is 10.7 Å². The van der Waals surface area contributed by atoms with Crippen LogP contribution in [0.5, 0.6) is 0 Å². The highest BCUT2D eigenvalue weighted by molar-refractivity contribution is 7.89. The Labute approximate surface area is 161 Å². The summed E-state index contributed by atoms with van der Waals surface area (Å²) in [5.41, 5.74) is 4.43. The molecule has 3 aromatic rings. The minimum absolute atomic E-state index is 0.199. The van der Waals surface area contributed by atoms with E-state index < -0.39 is 10.0 Å². The highest BCUT2D eigenvalue weighted by atomic mass is 32.2. The minimum atomic E-state index is -3.52. The first kappa shape index (κ1) is 19.2. The first-order valence-electron chi connectivity index (χ1n) is 7.90. The number of sulfonamides is 1. The van der Waals surface area contributed by atoms with Crippen LogP contribution in [0.25, 0.3) is 11.3 Å². The SMILES string of the molecule is CN(C)S(=O)(=O)c1cccc(-c2csc(NN=Cc3ccccc3F)n2)c1. The summed E-state index contributed by atoms with van der Waals surface area (Å²) < 4.78 is 39.3. The van der Waals surface area contributed by atoms with E-state index in [2.05, 4.69) is 15.5 Å². The first-order valence-corrected chi connectivity index (χ1v) is 10.2. The van der Waals surface area contributed by atoms with Gasteiger partial charge in [-0.1, -0.05) is 30.3 Å². The van der Waals surface area contributed by atoms with Crippen molar-refractivity contribution in [1.29, 1.82) is 0 Å². The van der Waals surface area contributed by atoms with E-state index in [1.807, 2.05) is 0 Å². The molecule has 3 rings (SSSR count). The molecule has 0 aliphatic heterocycles. The monoisotopic (exact) mass is 404 g/mol. The van der Waals surface area contributed by atoms with Crippen molar-refractivity contribution in [1.82, 2.24) is 9.29 Å². The van der Waals surface area contributed by atoms with E-state index in [4.69, 9.17) is 0 Å². The van der Waals surface area contributed by atoms with Crippen molar-refractivity contribution in [3.8, 4) is 11.3 Å². The highest BCUT2D eigenvalue weighted by Gasteiger charge is 2.18. The number of aromatic nitrogens is 1. The highest BCUT2D eigenvalue weighted by Crippen LogP contribution is 2.27. The zero-order valence-corrected chi connectivity index (χ0v) is 16.3. The van der Waals surface area contributed by atoms with Gasteiger partial charge in [-0.05, 0) is 18.2 Å². The van der Waals surface area contributed by atoms with Gasteiger partial charge in [-0.2, -0.15) is 5.10 Å². The van der Waals surface area contributed by atoms with Gasteiger partial charge in [0.15, 0.2) is 0 Å². The van der Waals surface area contributed by atoms with Gasteiger partial charge >= 0.3 is 0 Å². The van der Waals surface area contributed by atoms with Crippen LogP contribution in [0, 0.1) is 5.82 Å². The van der Waals surface area contributed by atoms with Crippen molar-refractivity contribution in [2.45, 2.75) is 4.90 Å². The fraction of sp³-hybridized carbons (Fsp3) is 0.111. The van der Waals surface area contributed by atoms with Gasteiger partial charge in [0.25, 0.3) is 0 Å². The maximum absolute atomic E-state index is 13.5. The standard InChI is InChI=1S/C18H17FN4O2S2/c1-23(2)27(24,25)15-8-5-7-13(10-15)17-12-26-18(21-17)22-20-11-14-6-3-4-9-16(14)19/h3-12H,1-2H3,(H,21,22). The topological polar surface area (TPSA) is 74.7 Å². The lowest BCUT2D eigenvalue weighted by Crippen LogP contribution is -2.22. The largest absolute Gasteiger partial charge is 0.253 e. The molecule has 0 amide bonds. The maximum Gasteiger partial charge on any atom is 0.242 e. The van der Waals surface area contributed by atoms with E-state index in [9.17, 15) is 12.8 Å². The molecule has 0 fully saturated rings. The van der Waals surface area contributed by atoms with Gasteiger partial charge in [-0.3, -0.25) is 5.43 Å². The number of hydrazone groups is 1. The van der Waals surface area contributed by atoms with Gasteiger partial charge < -0.3 is 0 Å². The molecule has 0 saturated carbocycles. The number of anilines is 1. The summed E-state index contributed by atoms with van der Waals surface area (Å²) >= 11 is 1.31. The number of halogens is 1. The van der Waals surface area contributed by atoms with Crippen LogP contribution >= 0.6 is 11.3 Å². The second kappa shape index (κ2) is 7.95. The molecule has 6 nitrogen and oxygen atoms in total. The van der Waals surface area contributed by atoms with Crippen LogP contribution in [0.4, 0.5) is 9.52 Å². The van der Waals surface area contributed by atoms with Crippen LogP contribution < -0.4 is 5.43 Å². The quantitative estimate of drug-likeness (QED) is 0.503. The molecule has 1 N–H and O–H groups in total. The summed E-state index contributed by atoms with van der Waals surface area (Å²) in [6.45, 7) is 0. The summed E-state index contributed by atoms with van der Waals surface area (Å²) in [6, 6.07) is 12.9. The number of nitrogens with one attached hydrogen (secondary N) is 1. The Bertz CT molecular complexity index is 1080. The molecule has 0 aliphatic rings. The van der Waals surface area contributed by atoms with Crippen LogP contribution in [-0.2, 0) is 10.0 Å². The van der Waals surface area contributed by atoms with Gasteiger partial charge in [-0.15, -0.1) is 11.3 Å². The first-order chi connectivity index (χ1) is 12.9. The zero-order chi connectivity index (χ0) is 19.4. The Balaban J connectivity index is 1.77. The summed E-state index contributed by atoms with van der Waals surface area (Å²) in [4.78, 5) is 4.59. The third kappa shape index (κ3) is 4.38. The average molecular weight is 404 g/mol. The minimum Gasteiger partial charge on any atom is -0.253 e. The number of hydrogen-bond donors (Lipinski definition) is 1. The molecule has 27 heavy (non-hydrogen) atoms. The van der Waals surface area contributed by atoms with E-state index >= 15 is 0 Å². The Morgan fingerprint density at radius 3 is 2.70 bits per heavy atom. The molecule has 0 aliphatic carbocycles. The predicted molar refractivity (Wildman–Crippen MR) is 106 cm³/mol. The molecule has 1 aromatic heterocycles. The van der Waals surface area contributed by atoms with Crippen molar-refractivity contribution < 1.29 is 12.8 Å². The molecule has 140 valence electrons. The van der Waals surface area contributed by atoms with Gasteiger partial charge in [0.05, 0.1) is 16.8 Å². The number of thiazole rings is 1. The molecule has 0 radical (unpaired) electrons. The summed E-state index contributed by atoms with van der Waals surface area (Å²) in [6.07, 6.45) is 1.38. The summed E-state index contributed by atoms with van der Waals surface area (Å²) in [7, 11) is -0.542. The maximum atomic E-state index is 13.5.